The maximum atomic E-state index is 13.2. The van der Waals surface area contributed by atoms with Crippen molar-refractivity contribution in [2.45, 2.75) is 38.8 Å². The minimum absolute atomic E-state index is 0.322. The topological polar surface area (TPSA) is 82.5 Å². The van der Waals surface area contributed by atoms with Gasteiger partial charge in [0, 0.05) is 34.9 Å². The summed E-state index contributed by atoms with van der Waals surface area (Å²) in [4.78, 5) is 31.4. The van der Waals surface area contributed by atoms with Crippen molar-refractivity contribution in [3.63, 3.8) is 0 Å². The second-order valence-corrected chi connectivity index (χ2v) is 8.96. The fraction of sp³-hybridized carbons (Fsp3) is 0.261. The lowest BCUT2D eigenvalue weighted by Crippen LogP contribution is -2.56. The van der Waals surface area contributed by atoms with E-state index in [4.69, 9.17) is 0 Å². The second kappa shape index (κ2) is 9.09. The number of carbonyl (C=O) groups is 2. The van der Waals surface area contributed by atoms with Crippen molar-refractivity contribution >= 4 is 29.0 Å². The van der Waals surface area contributed by atoms with E-state index in [1.807, 2.05) is 53.9 Å². The van der Waals surface area contributed by atoms with Crippen LogP contribution < -0.4 is 5.32 Å². The molecule has 0 unspecified atom stereocenters. The van der Waals surface area contributed by atoms with Gasteiger partial charge in [0.1, 0.15) is 6.04 Å². The summed E-state index contributed by atoms with van der Waals surface area (Å²) in [5.41, 5.74) is 1.93. The van der Waals surface area contributed by atoms with Gasteiger partial charge in [-0.2, -0.15) is 0 Å². The van der Waals surface area contributed by atoms with Crippen molar-refractivity contribution in [2.24, 2.45) is 0 Å². The third-order valence-electron chi connectivity index (χ3n) is 4.68. The van der Waals surface area contributed by atoms with Crippen LogP contribution in [0.3, 0.4) is 0 Å². The third kappa shape index (κ3) is 5.24. The van der Waals surface area contributed by atoms with Gasteiger partial charge in [-0.05, 0) is 67.6 Å². The van der Waals surface area contributed by atoms with E-state index in [1.54, 1.807) is 33.2 Å². The van der Waals surface area contributed by atoms with Gasteiger partial charge in [0.2, 0.25) is 5.91 Å². The molecule has 6 nitrogen and oxygen atoms in total. The van der Waals surface area contributed by atoms with Crippen molar-refractivity contribution in [1.29, 1.82) is 0 Å². The maximum Gasteiger partial charge on any atom is 0.408 e. The first-order valence-electron chi connectivity index (χ1n) is 9.61. The van der Waals surface area contributed by atoms with Gasteiger partial charge in [0.15, 0.2) is 0 Å². The van der Waals surface area contributed by atoms with Gasteiger partial charge in [-0.1, -0.05) is 18.2 Å². The number of hydrogen-bond acceptors (Lipinski definition) is 4. The van der Waals surface area contributed by atoms with E-state index in [0.717, 1.165) is 16.0 Å². The molecule has 2 aromatic heterocycles. The Morgan fingerprint density at radius 2 is 1.70 bits per heavy atom. The zero-order valence-electron chi connectivity index (χ0n) is 17.2. The number of rotatable bonds is 6. The van der Waals surface area contributed by atoms with Crippen molar-refractivity contribution in [3.05, 3.63) is 71.2 Å². The van der Waals surface area contributed by atoms with Gasteiger partial charge in [0.25, 0.3) is 0 Å². The molecule has 0 spiro atoms. The smallest absolute Gasteiger partial charge is 0.408 e. The van der Waals surface area contributed by atoms with E-state index in [2.05, 4.69) is 10.3 Å². The van der Waals surface area contributed by atoms with Gasteiger partial charge in [0.05, 0.1) is 0 Å². The standard InChI is InChI=1S/C23H25N3O3S/c1-23(2,3)26(22(28)29)20(15-19-5-4-14-30-19)21(27)25-18-8-6-16(7-9-18)17-10-12-24-13-11-17/h4-14,20H,15H2,1-3H3,(H,25,27)(H,28,29)/t20-/m0/s1. The lowest BCUT2D eigenvalue weighted by molar-refractivity contribution is -0.122. The van der Waals surface area contributed by atoms with Crippen LogP contribution in [-0.2, 0) is 11.2 Å². The van der Waals surface area contributed by atoms with Crippen LogP contribution in [0.25, 0.3) is 11.1 Å². The highest BCUT2D eigenvalue weighted by atomic mass is 32.1. The van der Waals surface area contributed by atoms with Crippen molar-refractivity contribution in [3.8, 4) is 11.1 Å². The fourth-order valence-corrected chi connectivity index (χ4v) is 4.07. The number of anilines is 1. The maximum absolute atomic E-state index is 13.2. The molecule has 1 atom stereocenters. The first-order chi connectivity index (χ1) is 14.3. The average molecular weight is 424 g/mol. The van der Waals surface area contributed by atoms with Gasteiger partial charge in [-0.3, -0.25) is 14.7 Å². The molecule has 0 saturated heterocycles. The van der Waals surface area contributed by atoms with Gasteiger partial charge >= 0.3 is 6.09 Å². The minimum Gasteiger partial charge on any atom is -0.465 e. The van der Waals surface area contributed by atoms with Crippen molar-refractivity contribution in [1.82, 2.24) is 9.88 Å². The Balaban J connectivity index is 1.83. The molecule has 0 bridgehead atoms. The summed E-state index contributed by atoms with van der Waals surface area (Å²) in [5.74, 6) is -0.350. The predicted molar refractivity (Wildman–Crippen MR) is 120 cm³/mol. The molecule has 2 N–H and O–H groups in total. The number of benzene rings is 1. The van der Waals surface area contributed by atoms with Crippen LogP contribution in [-0.4, -0.2) is 38.6 Å². The fourth-order valence-electron chi connectivity index (χ4n) is 3.32. The van der Waals surface area contributed by atoms with Crippen molar-refractivity contribution < 1.29 is 14.7 Å². The molecule has 0 fully saturated rings. The molecule has 2 heterocycles. The summed E-state index contributed by atoms with van der Waals surface area (Å²) in [6.45, 7) is 5.37. The zero-order chi connectivity index (χ0) is 21.7. The molecular weight excluding hydrogens is 398 g/mol. The van der Waals surface area contributed by atoms with Gasteiger partial charge in [-0.15, -0.1) is 11.3 Å². The summed E-state index contributed by atoms with van der Waals surface area (Å²) in [6.07, 6.45) is 2.66. The first-order valence-corrected chi connectivity index (χ1v) is 10.5. The van der Waals surface area contributed by atoms with E-state index in [1.165, 1.54) is 16.2 Å². The Morgan fingerprint density at radius 3 is 2.23 bits per heavy atom. The Hall–Kier alpha value is -3.19. The average Bonchev–Trinajstić information content (AvgIpc) is 3.20. The number of carboxylic acid groups (broad SMARTS) is 1. The van der Waals surface area contributed by atoms with E-state index in [9.17, 15) is 14.7 Å². The summed E-state index contributed by atoms with van der Waals surface area (Å²) < 4.78 is 0. The molecule has 30 heavy (non-hydrogen) atoms. The Labute approximate surface area is 180 Å². The number of nitrogens with zero attached hydrogens (tertiary/aromatic N) is 2. The summed E-state index contributed by atoms with van der Waals surface area (Å²) in [7, 11) is 0. The molecule has 1 aromatic carbocycles. The number of carbonyl (C=O) groups excluding carboxylic acids is 1. The molecule has 3 rings (SSSR count). The zero-order valence-corrected chi connectivity index (χ0v) is 18.0. The SMILES string of the molecule is CC(C)(C)N(C(=O)O)[C@@H](Cc1cccs1)C(=O)Nc1ccc(-c2ccncc2)cc1. The van der Waals surface area contributed by atoms with Crippen LogP contribution in [0.15, 0.2) is 66.3 Å². The van der Waals surface area contributed by atoms with Crippen LogP contribution in [0, 0.1) is 0 Å². The number of thiophene rings is 1. The first kappa shape index (κ1) is 21.5. The van der Waals surface area contributed by atoms with Crippen molar-refractivity contribution in [2.75, 3.05) is 5.32 Å². The minimum atomic E-state index is -1.12. The molecule has 0 aliphatic rings. The van der Waals surface area contributed by atoms with Crippen LogP contribution in [0.2, 0.25) is 0 Å². The Morgan fingerprint density at radius 1 is 1.07 bits per heavy atom. The van der Waals surface area contributed by atoms with Gasteiger partial charge < -0.3 is 10.4 Å². The molecule has 0 radical (unpaired) electrons. The number of hydrogen-bond donors (Lipinski definition) is 2. The number of pyridine rings is 1. The highest BCUT2D eigenvalue weighted by Gasteiger charge is 2.37. The summed E-state index contributed by atoms with van der Waals surface area (Å²) in [6, 6.07) is 14.3. The Bertz CT molecular complexity index is 981. The predicted octanol–water partition coefficient (Wildman–Crippen LogP) is 5.14. The van der Waals surface area contributed by atoms with Crippen LogP contribution in [0.4, 0.5) is 10.5 Å². The van der Waals surface area contributed by atoms with Crippen LogP contribution in [0.1, 0.15) is 25.6 Å². The normalized spacial score (nSPS) is 12.2. The monoisotopic (exact) mass is 423 g/mol. The molecule has 7 heteroatoms. The third-order valence-corrected chi connectivity index (χ3v) is 5.58. The lowest BCUT2D eigenvalue weighted by atomic mass is 10.0. The largest absolute Gasteiger partial charge is 0.465 e. The molecule has 156 valence electrons. The van der Waals surface area contributed by atoms with E-state index in [-0.39, 0.29) is 5.91 Å². The molecule has 0 aliphatic heterocycles. The number of nitrogens with one attached hydrogen (secondary N) is 1. The molecule has 2 amide bonds. The second-order valence-electron chi connectivity index (χ2n) is 7.93. The van der Waals surface area contributed by atoms with E-state index >= 15 is 0 Å². The van der Waals surface area contributed by atoms with Gasteiger partial charge in [-0.25, -0.2) is 4.79 Å². The summed E-state index contributed by atoms with van der Waals surface area (Å²) in [5, 5.41) is 14.6. The molecule has 0 aliphatic carbocycles. The van der Waals surface area contributed by atoms with Crippen LogP contribution >= 0.6 is 11.3 Å². The number of aromatic nitrogens is 1. The van der Waals surface area contributed by atoms with E-state index < -0.39 is 17.7 Å². The molecule has 3 aromatic rings. The quantitative estimate of drug-likeness (QED) is 0.575. The number of amides is 2. The molecular formula is C23H25N3O3S. The lowest BCUT2D eigenvalue weighted by Gasteiger charge is -2.38. The highest BCUT2D eigenvalue weighted by molar-refractivity contribution is 7.09. The van der Waals surface area contributed by atoms with Crippen LogP contribution in [0.5, 0.6) is 0 Å². The Kier molecular flexibility index (Phi) is 6.52. The highest BCUT2D eigenvalue weighted by Crippen LogP contribution is 2.25. The summed E-state index contributed by atoms with van der Waals surface area (Å²) >= 11 is 1.51. The van der Waals surface area contributed by atoms with E-state index in [0.29, 0.717) is 12.1 Å². The molecule has 0 saturated carbocycles.